The summed E-state index contributed by atoms with van der Waals surface area (Å²) >= 11 is 0. The van der Waals surface area contributed by atoms with Crippen molar-refractivity contribution in [2.45, 2.75) is 43.8 Å². The zero-order valence-electron chi connectivity index (χ0n) is 6.94. The Hall–Kier alpha value is -0.770. The molecule has 3 N–H and O–H groups in total. The second kappa shape index (κ2) is 2.62. The number of carbonyl (C=O) groups is 1. The van der Waals surface area contributed by atoms with Crippen molar-refractivity contribution in [3.05, 3.63) is 0 Å². The van der Waals surface area contributed by atoms with Crippen LogP contribution in [0.25, 0.3) is 0 Å². The van der Waals surface area contributed by atoms with Crippen molar-refractivity contribution < 1.29 is 9.90 Å². The molecule has 2 rings (SSSR count). The summed E-state index contributed by atoms with van der Waals surface area (Å²) in [7, 11) is 0. The van der Waals surface area contributed by atoms with Gasteiger partial charge in [0.1, 0.15) is 0 Å². The zero-order chi connectivity index (χ0) is 8.72. The van der Waals surface area contributed by atoms with Crippen LogP contribution in [-0.4, -0.2) is 34.2 Å². The minimum absolute atomic E-state index is 0.205. The first kappa shape index (κ1) is 7.86. The first-order chi connectivity index (χ1) is 5.68. The minimum atomic E-state index is -0.769. The van der Waals surface area contributed by atoms with Gasteiger partial charge in [0.05, 0.1) is 0 Å². The van der Waals surface area contributed by atoms with Crippen LogP contribution in [0.3, 0.4) is 0 Å². The number of piperidine rings is 1. The molecule has 2 saturated heterocycles. The lowest BCUT2D eigenvalue weighted by atomic mass is 9.99. The van der Waals surface area contributed by atoms with Gasteiger partial charge < -0.3 is 15.7 Å². The monoisotopic (exact) mass is 170 g/mol. The fraction of sp³-hybridized carbons (Fsp3) is 0.875. The molecule has 2 bridgehead atoms. The molecule has 3 atom stereocenters. The van der Waals surface area contributed by atoms with Gasteiger partial charge in [-0.3, -0.25) is 0 Å². The van der Waals surface area contributed by atoms with Gasteiger partial charge in [-0.05, 0) is 25.7 Å². The third kappa shape index (κ3) is 1.06. The molecule has 68 valence electrons. The molecule has 0 aliphatic carbocycles. The largest absolute Gasteiger partial charge is 0.465 e. The van der Waals surface area contributed by atoms with Crippen LogP contribution < -0.4 is 5.73 Å². The molecule has 0 radical (unpaired) electrons. The van der Waals surface area contributed by atoms with Crippen LogP contribution in [0.5, 0.6) is 0 Å². The van der Waals surface area contributed by atoms with Gasteiger partial charge in [-0.25, -0.2) is 4.79 Å². The number of amides is 1. The molecule has 12 heavy (non-hydrogen) atoms. The Morgan fingerprint density at radius 3 is 2.25 bits per heavy atom. The van der Waals surface area contributed by atoms with Crippen LogP contribution in [0, 0.1) is 0 Å². The number of fused-ring (bicyclic) bond motifs is 2. The fourth-order valence-electron chi connectivity index (χ4n) is 2.53. The van der Waals surface area contributed by atoms with Crippen molar-refractivity contribution in [1.29, 1.82) is 0 Å². The molecule has 0 aromatic carbocycles. The summed E-state index contributed by atoms with van der Waals surface area (Å²) in [5.74, 6) is 0. The molecule has 2 fully saturated rings. The molecule has 0 aromatic heterocycles. The summed E-state index contributed by atoms with van der Waals surface area (Å²) in [4.78, 5) is 12.4. The van der Waals surface area contributed by atoms with E-state index in [2.05, 4.69) is 0 Å². The van der Waals surface area contributed by atoms with E-state index in [1.165, 1.54) is 0 Å². The van der Waals surface area contributed by atoms with Crippen LogP contribution in [0.15, 0.2) is 0 Å². The summed E-state index contributed by atoms with van der Waals surface area (Å²) in [6.07, 6.45) is 2.94. The summed E-state index contributed by atoms with van der Waals surface area (Å²) in [6, 6.07) is 0.630. The first-order valence-electron chi connectivity index (χ1n) is 4.45. The number of hydrogen-bond acceptors (Lipinski definition) is 2. The molecule has 1 unspecified atom stereocenters. The Morgan fingerprint density at radius 2 is 1.83 bits per heavy atom. The molecule has 0 spiro atoms. The predicted molar refractivity (Wildman–Crippen MR) is 43.9 cm³/mol. The molecule has 2 aliphatic heterocycles. The van der Waals surface area contributed by atoms with Crippen LogP contribution in [0.4, 0.5) is 4.79 Å². The standard InChI is InChI=1S/C8H14N2O2/c9-5-3-6-1-2-7(4-5)10(6)8(11)12/h5-7H,1-4,9H2,(H,11,12)/t5-,6+,7?/m1/s1. The average molecular weight is 170 g/mol. The van der Waals surface area contributed by atoms with E-state index >= 15 is 0 Å². The van der Waals surface area contributed by atoms with Gasteiger partial charge >= 0.3 is 6.09 Å². The Bertz CT molecular complexity index is 193. The van der Waals surface area contributed by atoms with Crippen LogP contribution in [0.2, 0.25) is 0 Å². The second-order valence-corrected chi connectivity index (χ2v) is 3.81. The van der Waals surface area contributed by atoms with Crippen molar-refractivity contribution in [2.75, 3.05) is 0 Å². The molecular weight excluding hydrogens is 156 g/mol. The van der Waals surface area contributed by atoms with Gasteiger partial charge in [-0.15, -0.1) is 0 Å². The second-order valence-electron chi connectivity index (χ2n) is 3.81. The fourth-order valence-corrected chi connectivity index (χ4v) is 2.53. The van der Waals surface area contributed by atoms with E-state index in [0.717, 1.165) is 25.7 Å². The molecule has 2 aliphatic rings. The molecule has 2 heterocycles. The third-order valence-electron chi connectivity index (χ3n) is 2.99. The topological polar surface area (TPSA) is 66.6 Å². The smallest absolute Gasteiger partial charge is 0.407 e. The lowest BCUT2D eigenvalue weighted by molar-refractivity contribution is 0.0973. The number of nitrogens with two attached hydrogens (primary N) is 1. The van der Waals surface area contributed by atoms with Gasteiger partial charge in [0.25, 0.3) is 0 Å². The van der Waals surface area contributed by atoms with Gasteiger partial charge in [-0.2, -0.15) is 0 Å². The highest BCUT2D eigenvalue weighted by atomic mass is 16.4. The maximum absolute atomic E-state index is 10.8. The van der Waals surface area contributed by atoms with Crippen molar-refractivity contribution >= 4 is 6.09 Å². The Labute approximate surface area is 71.3 Å². The normalized spacial score (nSPS) is 40.1. The summed E-state index contributed by atoms with van der Waals surface area (Å²) in [5.41, 5.74) is 5.80. The molecule has 1 amide bonds. The molecular formula is C8H14N2O2. The number of nitrogens with zero attached hydrogens (tertiary/aromatic N) is 1. The van der Waals surface area contributed by atoms with E-state index in [1.807, 2.05) is 0 Å². The van der Waals surface area contributed by atoms with E-state index in [0.29, 0.717) is 0 Å². The Morgan fingerprint density at radius 1 is 1.33 bits per heavy atom. The van der Waals surface area contributed by atoms with E-state index in [-0.39, 0.29) is 18.1 Å². The van der Waals surface area contributed by atoms with E-state index in [4.69, 9.17) is 10.8 Å². The van der Waals surface area contributed by atoms with Crippen molar-refractivity contribution in [2.24, 2.45) is 5.73 Å². The van der Waals surface area contributed by atoms with Crippen LogP contribution in [0.1, 0.15) is 25.7 Å². The van der Waals surface area contributed by atoms with Crippen LogP contribution in [-0.2, 0) is 0 Å². The highest BCUT2D eigenvalue weighted by Gasteiger charge is 2.42. The highest BCUT2D eigenvalue weighted by molar-refractivity contribution is 5.66. The van der Waals surface area contributed by atoms with Crippen molar-refractivity contribution in [3.8, 4) is 0 Å². The molecule has 4 nitrogen and oxygen atoms in total. The van der Waals surface area contributed by atoms with Crippen LogP contribution >= 0.6 is 0 Å². The van der Waals surface area contributed by atoms with Crippen molar-refractivity contribution in [3.63, 3.8) is 0 Å². The lowest BCUT2D eigenvalue weighted by Gasteiger charge is -2.35. The SMILES string of the molecule is N[C@H]1CC2CC[C@@H](C1)N2C(=O)O. The number of hydrogen-bond donors (Lipinski definition) is 2. The predicted octanol–water partition coefficient (Wildman–Crippen LogP) is 0.618. The van der Waals surface area contributed by atoms with Gasteiger partial charge in [0, 0.05) is 18.1 Å². The molecule has 4 heteroatoms. The summed E-state index contributed by atoms with van der Waals surface area (Å²) < 4.78 is 0. The first-order valence-corrected chi connectivity index (χ1v) is 4.45. The quantitative estimate of drug-likeness (QED) is 0.560. The lowest BCUT2D eigenvalue weighted by Crippen LogP contribution is -2.49. The summed E-state index contributed by atoms with van der Waals surface area (Å²) in [5, 5.41) is 8.89. The zero-order valence-corrected chi connectivity index (χ0v) is 6.94. The van der Waals surface area contributed by atoms with E-state index in [1.54, 1.807) is 4.90 Å². The maximum atomic E-state index is 10.8. The highest BCUT2D eigenvalue weighted by Crippen LogP contribution is 2.34. The van der Waals surface area contributed by atoms with Gasteiger partial charge in [0.2, 0.25) is 0 Å². The summed E-state index contributed by atoms with van der Waals surface area (Å²) in [6.45, 7) is 0. The average Bonchev–Trinajstić information content (AvgIpc) is 2.24. The van der Waals surface area contributed by atoms with E-state index < -0.39 is 6.09 Å². The van der Waals surface area contributed by atoms with E-state index in [9.17, 15) is 4.79 Å². The molecule has 0 saturated carbocycles. The number of rotatable bonds is 0. The molecule has 0 aromatic rings. The maximum Gasteiger partial charge on any atom is 0.407 e. The Kier molecular flexibility index (Phi) is 1.72. The van der Waals surface area contributed by atoms with Crippen molar-refractivity contribution in [1.82, 2.24) is 4.90 Å². The Balaban J connectivity index is 2.14. The van der Waals surface area contributed by atoms with Gasteiger partial charge in [-0.1, -0.05) is 0 Å². The minimum Gasteiger partial charge on any atom is -0.465 e. The number of carboxylic acid groups (broad SMARTS) is 1. The third-order valence-corrected chi connectivity index (χ3v) is 2.99. The van der Waals surface area contributed by atoms with Gasteiger partial charge in [0.15, 0.2) is 0 Å².